The molecule has 10 nitrogen and oxygen atoms in total. The molecule has 1 aromatic heterocycles. The summed E-state index contributed by atoms with van der Waals surface area (Å²) in [5.41, 5.74) is 2.33. The molecule has 3 saturated heterocycles. The monoisotopic (exact) mass is 519 g/mol. The summed E-state index contributed by atoms with van der Waals surface area (Å²) in [7, 11) is 3.27. The van der Waals surface area contributed by atoms with Crippen LogP contribution in [0.1, 0.15) is 34.5 Å². The SMILES string of the molecule is COc1ccc2c(c1)OCCn1cc(nn1)COc1c(cccc1OC)CN1C[C@H]3CC[C@@H](C1)N(C3)C2=O. The van der Waals surface area contributed by atoms with Crippen LogP contribution in [0.4, 0.5) is 0 Å². The van der Waals surface area contributed by atoms with Gasteiger partial charge in [0.2, 0.25) is 0 Å². The number of methoxy groups -OCH3 is 2. The lowest BCUT2D eigenvalue weighted by molar-refractivity contribution is 0.0580. The van der Waals surface area contributed by atoms with Crippen LogP contribution in [-0.2, 0) is 19.7 Å². The number of hydrogen-bond donors (Lipinski definition) is 0. The Morgan fingerprint density at radius 1 is 1.03 bits per heavy atom. The van der Waals surface area contributed by atoms with Crippen LogP contribution in [0.5, 0.6) is 23.0 Å². The van der Waals surface area contributed by atoms with Crippen molar-refractivity contribution in [3.05, 3.63) is 59.4 Å². The number of piperidine rings is 1. The maximum atomic E-state index is 13.9. The van der Waals surface area contributed by atoms with E-state index in [0.29, 0.717) is 54.1 Å². The number of benzene rings is 2. The highest BCUT2D eigenvalue weighted by molar-refractivity contribution is 5.97. The summed E-state index contributed by atoms with van der Waals surface area (Å²) in [6.07, 6.45) is 3.96. The Morgan fingerprint density at radius 2 is 1.95 bits per heavy atom. The Morgan fingerprint density at radius 3 is 2.82 bits per heavy atom. The van der Waals surface area contributed by atoms with Crippen molar-refractivity contribution in [3.63, 3.8) is 0 Å². The number of carbonyl (C=O) groups is 1. The molecule has 0 saturated carbocycles. The second kappa shape index (κ2) is 10.5. The lowest BCUT2D eigenvalue weighted by atomic mass is 9.94. The van der Waals surface area contributed by atoms with Crippen LogP contribution in [0.3, 0.4) is 0 Å². The molecule has 5 heterocycles. The molecule has 3 atom stereocenters. The van der Waals surface area contributed by atoms with E-state index in [1.807, 2.05) is 30.5 Å². The van der Waals surface area contributed by atoms with Crippen molar-refractivity contribution in [2.24, 2.45) is 5.92 Å². The zero-order valence-electron chi connectivity index (χ0n) is 21.8. The van der Waals surface area contributed by atoms with Crippen molar-refractivity contribution in [1.82, 2.24) is 24.8 Å². The van der Waals surface area contributed by atoms with E-state index in [1.165, 1.54) is 0 Å². The Labute approximate surface area is 222 Å². The Hall–Kier alpha value is -3.79. The Balaban J connectivity index is 1.37. The van der Waals surface area contributed by atoms with Crippen LogP contribution < -0.4 is 18.9 Å². The van der Waals surface area contributed by atoms with Gasteiger partial charge in [-0.15, -0.1) is 5.10 Å². The minimum absolute atomic E-state index is 0.00812. The van der Waals surface area contributed by atoms with Gasteiger partial charge in [-0.2, -0.15) is 0 Å². The largest absolute Gasteiger partial charge is 0.497 e. The van der Waals surface area contributed by atoms with Crippen molar-refractivity contribution in [1.29, 1.82) is 0 Å². The van der Waals surface area contributed by atoms with Crippen LogP contribution in [0.2, 0.25) is 0 Å². The summed E-state index contributed by atoms with van der Waals surface area (Å²) in [4.78, 5) is 18.4. The van der Waals surface area contributed by atoms with E-state index >= 15 is 0 Å². The fourth-order valence-electron chi connectivity index (χ4n) is 5.80. The molecular weight excluding hydrogens is 486 g/mol. The lowest BCUT2D eigenvalue weighted by Gasteiger charge is -2.36. The molecule has 3 aromatic rings. The molecule has 1 unspecified atom stereocenters. The second-order valence-electron chi connectivity index (χ2n) is 10.2. The molecule has 38 heavy (non-hydrogen) atoms. The summed E-state index contributed by atoms with van der Waals surface area (Å²) in [6.45, 7) is 4.27. The first-order valence-electron chi connectivity index (χ1n) is 13.1. The fourth-order valence-corrected chi connectivity index (χ4v) is 5.80. The zero-order chi connectivity index (χ0) is 26.1. The predicted molar refractivity (Wildman–Crippen MR) is 139 cm³/mol. The van der Waals surface area contributed by atoms with Crippen molar-refractivity contribution in [3.8, 4) is 23.0 Å². The van der Waals surface area contributed by atoms with Crippen LogP contribution in [-0.4, -0.2) is 77.2 Å². The van der Waals surface area contributed by atoms with Gasteiger partial charge in [0.1, 0.15) is 30.4 Å². The Bertz CT molecular complexity index is 1310. The van der Waals surface area contributed by atoms with Gasteiger partial charge < -0.3 is 23.8 Å². The van der Waals surface area contributed by atoms with Gasteiger partial charge in [0.15, 0.2) is 11.5 Å². The summed E-state index contributed by atoms with van der Waals surface area (Å²) in [6, 6.07) is 11.6. The van der Waals surface area contributed by atoms with Gasteiger partial charge >= 0.3 is 0 Å². The number of aromatic nitrogens is 3. The molecule has 0 spiro atoms. The third-order valence-corrected chi connectivity index (χ3v) is 7.67. The van der Waals surface area contributed by atoms with Gasteiger partial charge in [-0.3, -0.25) is 9.69 Å². The fraction of sp³-hybridized carbons (Fsp3) is 0.464. The molecule has 0 radical (unpaired) electrons. The molecule has 200 valence electrons. The van der Waals surface area contributed by atoms with Crippen LogP contribution in [0, 0.1) is 5.92 Å². The summed E-state index contributed by atoms with van der Waals surface area (Å²) < 4.78 is 25.2. The topological polar surface area (TPSA) is 91.2 Å². The van der Waals surface area contributed by atoms with Crippen LogP contribution >= 0.6 is 0 Å². The van der Waals surface area contributed by atoms with E-state index in [1.54, 1.807) is 25.0 Å². The van der Waals surface area contributed by atoms with Gasteiger partial charge in [-0.05, 0) is 37.0 Å². The van der Waals surface area contributed by atoms with E-state index in [2.05, 4.69) is 26.2 Å². The standard InChI is InChI=1S/C28H33N5O5/c1-35-23-8-9-24-26(12-23)37-11-10-32-16-21(29-30-32)18-38-27-20(4-3-5-25(27)36-2)15-31-13-19-6-7-22(17-31)33(14-19)28(24)34/h3-5,8-9,12,16,19,22H,6-7,10-11,13-15,17-18H2,1-2H3/t19-,22+/m1/s1. The smallest absolute Gasteiger partial charge is 0.257 e. The molecule has 1 amide bonds. The minimum atomic E-state index is 0.00812. The van der Waals surface area contributed by atoms with E-state index in [-0.39, 0.29) is 18.6 Å². The highest BCUT2D eigenvalue weighted by Gasteiger charge is 2.38. The first-order chi connectivity index (χ1) is 18.6. The molecule has 10 heteroatoms. The first-order valence-corrected chi connectivity index (χ1v) is 13.1. The van der Waals surface area contributed by atoms with E-state index in [4.69, 9.17) is 18.9 Å². The predicted octanol–water partition coefficient (Wildman–Crippen LogP) is 3.00. The van der Waals surface area contributed by atoms with Gasteiger partial charge in [0, 0.05) is 43.9 Å². The lowest BCUT2D eigenvalue weighted by Crippen LogP contribution is -2.47. The molecule has 7 rings (SSSR count). The third kappa shape index (κ3) is 4.88. The molecule has 6 bridgehead atoms. The van der Waals surface area contributed by atoms with Crippen molar-refractivity contribution in [2.45, 2.75) is 38.6 Å². The number of ether oxygens (including phenoxy) is 4. The maximum Gasteiger partial charge on any atom is 0.257 e. The molecule has 4 aliphatic heterocycles. The number of hydrogen-bond acceptors (Lipinski definition) is 8. The normalized spacial score (nSPS) is 23.3. The number of carbonyl (C=O) groups excluding carboxylic acids is 1. The number of nitrogens with zero attached hydrogens (tertiary/aromatic N) is 5. The van der Waals surface area contributed by atoms with Gasteiger partial charge in [-0.1, -0.05) is 17.3 Å². The van der Waals surface area contributed by atoms with Gasteiger partial charge in [-0.25, -0.2) is 4.68 Å². The molecule has 0 N–H and O–H groups in total. The first kappa shape index (κ1) is 24.5. The van der Waals surface area contributed by atoms with E-state index < -0.39 is 0 Å². The number of rotatable bonds is 2. The number of amides is 1. The summed E-state index contributed by atoms with van der Waals surface area (Å²) in [5, 5.41) is 8.48. The van der Waals surface area contributed by atoms with Gasteiger partial charge in [0.25, 0.3) is 5.91 Å². The molecule has 3 fully saturated rings. The summed E-state index contributed by atoms with van der Waals surface area (Å²) >= 11 is 0. The number of fused-ring (bicyclic) bond motifs is 5. The Kier molecular flexibility index (Phi) is 6.80. The molecular formula is C28H33N5O5. The van der Waals surface area contributed by atoms with Crippen molar-refractivity contribution >= 4 is 5.91 Å². The molecule has 0 aliphatic carbocycles. The molecule has 2 aromatic carbocycles. The van der Waals surface area contributed by atoms with E-state index in [9.17, 15) is 4.79 Å². The minimum Gasteiger partial charge on any atom is -0.497 e. The second-order valence-corrected chi connectivity index (χ2v) is 10.2. The third-order valence-electron chi connectivity index (χ3n) is 7.67. The highest BCUT2D eigenvalue weighted by atomic mass is 16.5. The maximum absolute atomic E-state index is 13.9. The van der Waals surface area contributed by atoms with Crippen LogP contribution in [0.15, 0.2) is 42.6 Å². The van der Waals surface area contributed by atoms with Crippen LogP contribution in [0.25, 0.3) is 0 Å². The summed E-state index contributed by atoms with van der Waals surface area (Å²) in [5.74, 6) is 3.01. The quantitative estimate of drug-likeness (QED) is 0.511. The number of para-hydroxylation sites is 1. The average Bonchev–Trinajstić information content (AvgIpc) is 3.21. The zero-order valence-corrected chi connectivity index (χ0v) is 21.8. The van der Waals surface area contributed by atoms with Gasteiger partial charge in [0.05, 0.1) is 32.5 Å². The highest BCUT2D eigenvalue weighted by Crippen LogP contribution is 2.36. The van der Waals surface area contributed by atoms with Crippen molar-refractivity contribution < 1.29 is 23.7 Å². The average molecular weight is 520 g/mol. The molecule has 4 aliphatic rings. The van der Waals surface area contributed by atoms with Crippen molar-refractivity contribution in [2.75, 3.05) is 40.5 Å². The van der Waals surface area contributed by atoms with E-state index in [0.717, 1.165) is 43.8 Å².